The first kappa shape index (κ1) is 14.9. The van der Waals surface area contributed by atoms with Gasteiger partial charge in [-0.2, -0.15) is 0 Å². The van der Waals surface area contributed by atoms with Crippen molar-refractivity contribution in [2.45, 2.75) is 51.8 Å². The predicted octanol–water partition coefficient (Wildman–Crippen LogP) is 2.19. The topological polar surface area (TPSA) is 50.4 Å². The van der Waals surface area contributed by atoms with Crippen LogP contribution in [0.25, 0.3) is 0 Å². The number of nitrogens with one attached hydrogen (secondary N) is 2. The van der Waals surface area contributed by atoms with Gasteiger partial charge in [0.2, 0.25) is 0 Å². The van der Waals surface area contributed by atoms with Crippen LogP contribution in [0.3, 0.4) is 0 Å². The fourth-order valence-electron chi connectivity index (χ4n) is 2.63. The highest BCUT2D eigenvalue weighted by molar-refractivity contribution is 5.80. The Hall–Kier alpha value is -1.55. The molecule has 0 bridgehead atoms. The summed E-state index contributed by atoms with van der Waals surface area (Å²) in [6, 6.07) is 6.69. The highest BCUT2D eigenvalue weighted by atomic mass is 16.5. The summed E-state index contributed by atoms with van der Waals surface area (Å²) in [6.45, 7) is 5.66. The van der Waals surface area contributed by atoms with Gasteiger partial charge in [-0.3, -0.25) is 4.79 Å². The summed E-state index contributed by atoms with van der Waals surface area (Å²) in [6.07, 6.45) is 1.71. The third-order valence-corrected chi connectivity index (χ3v) is 3.65. The Morgan fingerprint density at radius 3 is 2.75 bits per heavy atom. The average molecular weight is 276 g/mol. The SMILES string of the molecule is CNC1CCc2cc(OC(C)C(=O)NC(C)C)ccc21. The van der Waals surface area contributed by atoms with Crippen molar-refractivity contribution in [1.29, 1.82) is 0 Å². The Bertz CT molecular complexity index is 485. The fourth-order valence-corrected chi connectivity index (χ4v) is 2.63. The number of carbonyl (C=O) groups is 1. The number of hydrogen-bond acceptors (Lipinski definition) is 3. The average Bonchev–Trinajstić information content (AvgIpc) is 2.80. The van der Waals surface area contributed by atoms with Gasteiger partial charge in [-0.15, -0.1) is 0 Å². The van der Waals surface area contributed by atoms with Crippen LogP contribution >= 0.6 is 0 Å². The minimum Gasteiger partial charge on any atom is -0.481 e. The van der Waals surface area contributed by atoms with E-state index < -0.39 is 6.10 Å². The van der Waals surface area contributed by atoms with Gasteiger partial charge in [0.15, 0.2) is 6.10 Å². The molecule has 0 saturated heterocycles. The van der Waals surface area contributed by atoms with Crippen molar-refractivity contribution in [3.8, 4) is 5.75 Å². The zero-order valence-corrected chi connectivity index (χ0v) is 12.7. The van der Waals surface area contributed by atoms with Crippen molar-refractivity contribution < 1.29 is 9.53 Å². The predicted molar refractivity (Wildman–Crippen MR) is 79.9 cm³/mol. The molecular weight excluding hydrogens is 252 g/mol. The summed E-state index contributed by atoms with van der Waals surface area (Å²) in [4.78, 5) is 11.8. The molecule has 20 heavy (non-hydrogen) atoms. The summed E-state index contributed by atoms with van der Waals surface area (Å²) < 4.78 is 5.74. The van der Waals surface area contributed by atoms with Crippen molar-refractivity contribution in [3.05, 3.63) is 29.3 Å². The third kappa shape index (κ3) is 3.31. The smallest absolute Gasteiger partial charge is 0.260 e. The van der Waals surface area contributed by atoms with E-state index in [0.29, 0.717) is 6.04 Å². The van der Waals surface area contributed by atoms with Crippen molar-refractivity contribution in [3.63, 3.8) is 0 Å². The van der Waals surface area contributed by atoms with Gasteiger partial charge < -0.3 is 15.4 Å². The van der Waals surface area contributed by atoms with Crippen LogP contribution in [-0.2, 0) is 11.2 Å². The van der Waals surface area contributed by atoms with Gasteiger partial charge in [0.25, 0.3) is 5.91 Å². The minimum absolute atomic E-state index is 0.0754. The van der Waals surface area contributed by atoms with Crippen LogP contribution in [0.4, 0.5) is 0 Å². The molecule has 2 rings (SSSR count). The number of rotatable bonds is 5. The number of hydrogen-bond donors (Lipinski definition) is 2. The van der Waals surface area contributed by atoms with E-state index in [1.54, 1.807) is 6.92 Å². The van der Waals surface area contributed by atoms with E-state index in [0.717, 1.165) is 18.6 Å². The molecule has 110 valence electrons. The van der Waals surface area contributed by atoms with Gasteiger partial charge >= 0.3 is 0 Å². The number of fused-ring (bicyclic) bond motifs is 1. The van der Waals surface area contributed by atoms with Crippen LogP contribution in [0.2, 0.25) is 0 Å². The number of amides is 1. The molecule has 0 heterocycles. The first-order valence-corrected chi connectivity index (χ1v) is 7.28. The highest BCUT2D eigenvalue weighted by Crippen LogP contribution is 2.33. The van der Waals surface area contributed by atoms with E-state index in [2.05, 4.69) is 22.8 Å². The van der Waals surface area contributed by atoms with Crippen molar-refractivity contribution in [2.75, 3.05) is 7.05 Å². The standard InChI is InChI=1S/C16H24N2O2/c1-10(2)18-16(19)11(3)20-13-6-7-14-12(9-13)5-8-15(14)17-4/h6-7,9-11,15,17H,5,8H2,1-4H3,(H,18,19). The molecule has 0 spiro atoms. The molecule has 0 aromatic heterocycles. The zero-order valence-electron chi connectivity index (χ0n) is 12.7. The van der Waals surface area contributed by atoms with Gasteiger partial charge in [-0.25, -0.2) is 0 Å². The normalized spacial score (nSPS) is 18.8. The fraction of sp³-hybridized carbons (Fsp3) is 0.562. The lowest BCUT2D eigenvalue weighted by Gasteiger charge is -2.17. The lowest BCUT2D eigenvalue weighted by molar-refractivity contribution is -0.127. The largest absolute Gasteiger partial charge is 0.481 e. The summed E-state index contributed by atoms with van der Waals surface area (Å²) >= 11 is 0. The van der Waals surface area contributed by atoms with Crippen LogP contribution in [0.5, 0.6) is 5.75 Å². The van der Waals surface area contributed by atoms with Crippen LogP contribution in [0.15, 0.2) is 18.2 Å². The molecule has 1 aromatic carbocycles. The molecule has 1 aliphatic carbocycles. The van der Waals surface area contributed by atoms with Crippen LogP contribution in [-0.4, -0.2) is 25.1 Å². The van der Waals surface area contributed by atoms with Gasteiger partial charge in [-0.05, 0) is 63.9 Å². The number of carbonyl (C=O) groups excluding carboxylic acids is 1. The van der Waals surface area contributed by atoms with Crippen molar-refractivity contribution in [2.24, 2.45) is 0 Å². The van der Waals surface area contributed by atoms with E-state index in [-0.39, 0.29) is 11.9 Å². The molecule has 0 saturated carbocycles. The van der Waals surface area contributed by atoms with Crippen molar-refractivity contribution in [1.82, 2.24) is 10.6 Å². The van der Waals surface area contributed by atoms with E-state index in [9.17, 15) is 4.79 Å². The summed E-state index contributed by atoms with van der Waals surface area (Å²) in [5.41, 5.74) is 2.66. The first-order valence-electron chi connectivity index (χ1n) is 7.28. The van der Waals surface area contributed by atoms with Crippen LogP contribution in [0, 0.1) is 0 Å². The summed E-state index contributed by atoms with van der Waals surface area (Å²) in [5.74, 6) is 0.695. The Labute approximate surface area is 120 Å². The molecule has 1 aliphatic rings. The second-order valence-electron chi connectivity index (χ2n) is 5.66. The summed E-state index contributed by atoms with van der Waals surface area (Å²) in [5, 5.41) is 6.17. The second-order valence-corrected chi connectivity index (χ2v) is 5.66. The Balaban J connectivity index is 2.03. The van der Waals surface area contributed by atoms with E-state index in [1.165, 1.54) is 11.1 Å². The molecule has 0 fully saturated rings. The third-order valence-electron chi connectivity index (χ3n) is 3.65. The van der Waals surface area contributed by atoms with Gasteiger partial charge in [0, 0.05) is 12.1 Å². The van der Waals surface area contributed by atoms with Crippen LogP contribution in [0.1, 0.15) is 44.4 Å². The van der Waals surface area contributed by atoms with Gasteiger partial charge in [-0.1, -0.05) is 6.07 Å². The molecule has 2 N–H and O–H groups in total. The zero-order chi connectivity index (χ0) is 14.7. The molecule has 1 amide bonds. The highest BCUT2D eigenvalue weighted by Gasteiger charge is 2.22. The number of benzene rings is 1. The molecule has 0 aliphatic heterocycles. The Morgan fingerprint density at radius 2 is 2.10 bits per heavy atom. The number of ether oxygens (including phenoxy) is 1. The van der Waals surface area contributed by atoms with E-state index in [1.807, 2.05) is 27.0 Å². The maximum Gasteiger partial charge on any atom is 0.260 e. The Kier molecular flexibility index (Phi) is 4.65. The molecule has 2 atom stereocenters. The minimum atomic E-state index is -0.475. The van der Waals surface area contributed by atoms with Crippen LogP contribution < -0.4 is 15.4 Å². The lowest BCUT2D eigenvalue weighted by Crippen LogP contribution is -2.40. The molecule has 1 aromatic rings. The van der Waals surface area contributed by atoms with E-state index in [4.69, 9.17) is 4.74 Å². The van der Waals surface area contributed by atoms with E-state index >= 15 is 0 Å². The Morgan fingerprint density at radius 1 is 1.35 bits per heavy atom. The first-order chi connectivity index (χ1) is 9.51. The van der Waals surface area contributed by atoms with Gasteiger partial charge in [0.05, 0.1) is 0 Å². The molecule has 2 unspecified atom stereocenters. The molecular formula is C16H24N2O2. The molecule has 4 nitrogen and oxygen atoms in total. The summed E-state index contributed by atoms with van der Waals surface area (Å²) in [7, 11) is 1.99. The quantitative estimate of drug-likeness (QED) is 0.866. The number of aryl methyl sites for hydroxylation is 1. The van der Waals surface area contributed by atoms with Crippen molar-refractivity contribution >= 4 is 5.91 Å². The maximum absolute atomic E-state index is 11.8. The van der Waals surface area contributed by atoms with Gasteiger partial charge in [0.1, 0.15) is 5.75 Å². The molecule has 4 heteroatoms. The molecule has 0 radical (unpaired) electrons. The maximum atomic E-state index is 11.8. The second kappa shape index (κ2) is 6.27. The lowest BCUT2D eigenvalue weighted by atomic mass is 10.1. The monoisotopic (exact) mass is 276 g/mol.